The Morgan fingerprint density at radius 3 is 2.40 bits per heavy atom. The van der Waals surface area contributed by atoms with Gasteiger partial charge in [-0.25, -0.2) is 4.68 Å². The van der Waals surface area contributed by atoms with E-state index < -0.39 is 0 Å². The molecule has 0 radical (unpaired) electrons. The van der Waals surface area contributed by atoms with Crippen molar-refractivity contribution in [3.05, 3.63) is 47.9 Å². The smallest absolute Gasteiger partial charge is 0.222 e. The van der Waals surface area contributed by atoms with Gasteiger partial charge in [0.2, 0.25) is 5.91 Å². The second kappa shape index (κ2) is 17.9. The monoisotopic (exact) mass is 661 g/mol. The van der Waals surface area contributed by atoms with Crippen LogP contribution in [0.4, 0.5) is 11.4 Å². The van der Waals surface area contributed by atoms with E-state index in [4.69, 9.17) is 5.10 Å². The van der Waals surface area contributed by atoms with Gasteiger partial charge in [0, 0.05) is 94.4 Å². The maximum absolute atomic E-state index is 13.0. The number of nitrogens with zero attached hydrogens (tertiary/aromatic N) is 8. The van der Waals surface area contributed by atoms with Crippen LogP contribution >= 0.6 is 0 Å². The standard InChI is InChI=1S/C36H55N9O3/c1-7-35(47)25-44(27-41-15-14-40(26-41)13-12-28(3)38-31(6)37-8-2)33-22-32(23-34(24-33)45-30(5)21-29(4)39-45)42-16-18-43(19-17-42)36(48)11-9-10-20-46/h20-24H,3,7-19,25-27H2,1-2,4-6H3,(H,37,38). The van der Waals surface area contributed by atoms with Crippen molar-refractivity contribution in [2.24, 2.45) is 4.99 Å². The van der Waals surface area contributed by atoms with Gasteiger partial charge in [0.1, 0.15) is 6.29 Å². The topological polar surface area (TPSA) is 110 Å². The number of aliphatic imine (C=N–C) groups is 1. The number of piperazine rings is 1. The molecule has 0 aliphatic carbocycles. The second-order valence-corrected chi connectivity index (χ2v) is 12.9. The largest absolute Gasteiger partial charge is 0.368 e. The van der Waals surface area contributed by atoms with Crippen LogP contribution < -0.4 is 15.1 Å². The van der Waals surface area contributed by atoms with Gasteiger partial charge in [-0.15, -0.1) is 0 Å². The van der Waals surface area contributed by atoms with Crippen LogP contribution in [0, 0.1) is 13.8 Å². The molecule has 1 N–H and O–H groups in total. The lowest BCUT2D eigenvalue weighted by atomic mass is 10.1. The molecule has 0 bridgehead atoms. The number of anilines is 2. The number of unbranched alkanes of at least 4 members (excludes halogenated alkanes) is 1. The summed E-state index contributed by atoms with van der Waals surface area (Å²) in [4.78, 5) is 52.0. The second-order valence-electron chi connectivity index (χ2n) is 12.9. The van der Waals surface area contributed by atoms with Gasteiger partial charge >= 0.3 is 0 Å². The minimum absolute atomic E-state index is 0.110. The molecule has 1 aromatic carbocycles. The fourth-order valence-corrected chi connectivity index (χ4v) is 6.35. The van der Waals surface area contributed by atoms with E-state index in [0.29, 0.717) is 65.1 Å². The van der Waals surface area contributed by atoms with E-state index in [1.54, 1.807) is 0 Å². The zero-order valence-corrected chi connectivity index (χ0v) is 29.7. The third-order valence-electron chi connectivity index (χ3n) is 8.96. The zero-order valence-electron chi connectivity index (χ0n) is 29.7. The molecule has 12 nitrogen and oxygen atoms in total. The van der Waals surface area contributed by atoms with E-state index in [1.807, 2.05) is 37.3 Å². The van der Waals surface area contributed by atoms with Crippen LogP contribution in [0.1, 0.15) is 64.3 Å². The normalized spacial score (nSPS) is 16.0. The van der Waals surface area contributed by atoms with Crippen molar-refractivity contribution >= 4 is 35.2 Å². The molecule has 3 heterocycles. The van der Waals surface area contributed by atoms with Crippen LogP contribution in [-0.4, -0.2) is 121 Å². The molecular weight excluding hydrogens is 606 g/mol. The number of amides is 1. The Kier molecular flexibility index (Phi) is 13.7. The lowest BCUT2D eigenvalue weighted by Crippen LogP contribution is -2.48. The number of carbonyl (C=O) groups is 3. The number of ketones is 1. The molecule has 0 saturated carbocycles. The molecule has 2 aliphatic heterocycles. The molecule has 0 unspecified atom stereocenters. The quantitative estimate of drug-likeness (QED) is 0.117. The summed E-state index contributed by atoms with van der Waals surface area (Å²) >= 11 is 0. The number of hydrogen-bond donors (Lipinski definition) is 1. The van der Waals surface area contributed by atoms with Crippen LogP contribution in [0.15, 0.2) is 41.5 Å². The van der Waals surface area contributed by atoms with Gasteiger partial charge in [-0.2, -0.15) is 5.10 Å². The highest BCUT2D eigenvalue weighted by Gasteiger charge is 2.26. The number of rotatable bonds is 17. The Bertz CT molecular complexity index is 1440. The SMILES string of the molecule is C=C(CCN1CCN(CN(CC(=O)CC)c2cc(N3CCN(C(=O)CCCC=O)CC3)cc(-n3nc(C)cc3C)c2)C1)NC(C)=NCC. The number of Topliss-reactive ketones (excluding diaryl/α,β-unsaturated/α-hetero) is 1. The third kappa shape index (κ3) is 10.5. The molecule has 0 atom stereocenters. The van der Waals surface area contributed by atoms with Crippen LogP contribution in [0.3, 0.4) is 0 Å². The van der Waals surface area contributed by atoms with Crippen molar-refractivity contribution < 1.29 is 14.4 Å². The van der Waals surface area contributed by atoms with Crippen molar-refractivity contribution in [1.29, 1.82) is 0 Å². The number of benzene rings is 1. The van der Waals surface area contributed by atoms with E-state index in [0.717, 1.165) is 85.5 Å². The number of aldehydes is 1. The van der Waals surface area contributed by atoms with Crippen molar-refractivity contribution in [1.82, 2.24) is 29.8 Å². The fourth-order valence-electron chi connectivity index (χ4n) is 6.35. The van der Waals surface area contributed by atoms with Gasteiger partial charge in [-0.1, -0.05) is 13.5 Å². The average Bonchev–Trinajstić information content (AvgIpc) is 3.67. The predicted octanol–water partition coefficient (Wildman–Crippen LogP) is 3.76. The lowest BCUT2D eigenvalue weighted by molar-refractivity contribution is -0.131. The van der Waals surface area contributed by atoms with Crippen molar-refractivity contribution in [3.63, 3.8) is 0 Å². The first-order valence-electron chi connectivity index (χ1n) is 17.4. The van der Waals surface area contributed by atoms with Gasteiger partial charge in [0.25, 0.3) is 0 Å². The molecule has 12 heteroatoms. The molecule has 2 aliphatic rings. The summed E-state index contributed by atoms with van der Waals surface area (Å²) in [6.45, 7) is 22.1. The van der Waals surface area contributed by atoms with E-state index in [9.17, 15) is 14.4 Å². The van der Waals surface area contributed by atoms with Crippen LogP contribution in [-0.2, 0) is 14.4 Å². The van der Waals surface area contributed by atoms with E-state index in [-0.39, 0.29) is 11.7 Å². The number of aryl methyl sites for hydroxylation is 2. The Hall–Kier alpha value is -4.03. The van der Waals surface area contributed by atoms with E-state index in [2.05, 4.69) is 67.7 Å². The molecular formula is C36H55N9O3. The number of hydrogen-bond acceptors (Lipinski definition) is 9. The van der Waals surface area contributed by atoms with Gasteiger partial charge in [0.15, 0.2) is 5.78 Å². The molecule has 1 amide bonds. The summed E-state index contributed by atoms with van der Waals surface area (Å²) in [6, 6.07) is 8.56. The Morgan fingerprint density at radius 2 is 1.73 bits per heavy atom. The van der Waals surface area contributed by atoms with Gasteiger partial charge in [-0.3, -0.25) is 24.4 Å². The minimum atomic E-state index is 0.110. The zero-order chi connectivity index (χ0) is 34.6. The predicted molar refractivity (Wildman–Crippen MR) is 193 cm³/mol. The van der Waals surface area contributed by atoms with E-state index in [1.165, 1.54) is 0 Å². The molecule has 48 heavy (non-hydrogen) atoms. The summed E-state index contributed by atoms with van der Waals surface area (Å²) in [5.41, 5.74) is 5.93. The highest BCUT2D eigenvalue weighted by molar-refractivity contribution is 5.84. The number of aromatic nitrogens is 2. The van der Waals surface area contributed by atoms with Crippen molar-refractivity contribution in [2.45, 2.75) is 66.7 Å². The molecule has 2 fully saturated rings. The molecule has 262 valence electrons. The first kappa shape index (κ1) is 36.8. The molecule has 2 saturated heterocycles. The average molecular weight is 662 g/mol. The number of carbonyl (C=O) groups excluding carboxylic acids is 3. The van der Waals surface area contributed by atoms with E-state index >= 15 is 0 Å². The molecule has 2 aromatic rings. The van der Waals surface area contributed by atoms with Crippen LogP contribution in [0.5, 0.6) is 0 Å². The maximum atomic E-state index is 13.0. The van der Waals surface area contributed by atoms with Gasteiger partial charge in [-0.05, 0) is 64.8 Å². The molecule has 4 rings (SSSR count). The maximum Gasteiger partial charge on any atom is 0.222 e. The Labute approximate surface area is 286 Å². The molecule has 0 spiro atoms. The third-order valence-corrected chi connectivity index (χ3v) is 8.96. The Morgan fingerprint density at radius 1 is 1.00 bits per heavy atom. The van der Waals surface area contributed by atoms with Crippen molar-refractivity contribution in [2.75, 3.05) is 82.0 Å². The highest BCUT2D eigenvalue weighted by atomic mass is 16.2. The number of amidine groups is 1. The number of nitrogens with one attached hydrogen (secondary N) is 1. The highest BCUT2D eigenvalue weighted by Crippen LogP contribution is 2.30. The molecule has 1 aromatic heterocycles. The fraction of sp³-hybridized carbons (Fsp3) is 0.583. The summed E-state index contributed by atoms with van der Waals surface area (Å²) < 4.78 is 1.97. The lowest BCUT2D eigenvalue weighted by Gasteiger charge is -2.37. The van der Waals surface area contributed by atoms with Crippen LogP contribution in [0.2, 0.25) is 0 Å². The summed E-state index contributed by atoms with van der Waals surface area (Å²) in [5.74, 6) is 1.20. The summed E-state index contributed by atoms with van der Waals surface area (Å²) in [5, 5.41) is 8.09. The van der Waals surface area contributed by atoms with Gasteiger partial charge < -0.3 is 24.8 Å². The van der Waals surface area contributed by atoms with Crippen LogP contribution in [0.25, 0.3) is 5.69 Å². The first-order chi connectivity index (χ1) is 23.1. The summed E-state index contributed by atoms with van der Waals surface area (Å²) in [7, 11) is 0. The Balaban J connectivity index is 1.52. The van der Waals surface area contributed by atoms with Crippen molar-refractivity contribution in [3.8, 4) is 5.69 Å². The summed E-state index contributed by atoms with van der Waals surface area (Å²) in [6.07, 6.45) is 3.61. The minimum Gasteiger partial charge on any atom is -0.368 e. The van der Waals surface area contributed by atoms with Gasteiger partial charge in [0.05, 0.1) is 37.1 Å². The first-order valence-corrected chi connectivity index (χ1v) is 17.4.